The predicted molar refractivity (Wildman–Crippen MR) is 88.5 cm³/mol. The second-order valence-corrected chi connectivity index (χ2v) is 7.55. The number of hydrogen-bond donors (Lipinski definition) is 2. The van der Waals surface area contributed by atoms with E-state index in [4.69, 9.17) is 4.74 Å². The van der Waals surface area contributed by atoms with Crippen molar-refractivity contribution in [3.8, 4) is 5.75 Å². The van der Waals surface area contributed by atoms with Crippen LogP contribution in [0.4, 0.5) is 4.79 Å². The van der Waals surface area contributed by atoms with Crippen LogP contribution in [0.25, 0.3) is 0 Å². The molecule has 1 heterocycles. The molecule has 5 heteroatoms. The van der Waals surface area contributed by atoms with Crippen LogP contribution in [0.1, 0.15) is 50.8 Å². The SMILES string of the molecule is CC(C)(C)OC(=O)N1CCC(NC2CCc3cc(O)ccc32)C1. The van der Waals surface area contributed by atoms with E-state index >= 15 is 0 Å². The smallest absolute Gasteiger partial charge is 0.410 e. The van der Waals surface area contributed by atoms with Gasteiger partial charge >= 0.3 is 6.09 Å². The van der Waals surface area contributed by atoms with Gasteiger partial charge in [-0.05, 0) is 63.3 Å². The number of nitrogens with one attached hydrogen (secondary N) is 1. The van der Waals surface area contributed by atoms with Crippen LogP contribution in [0, 0.1) is 0 Å². The Balaban J connectivity index is 1.56. The minimum atomic E-state index is -0.449. The van der Waals surface area contributed by atoms with E-state index < -0.39 is 5.60 Å². The molecule has 1 aliphatic carbocycles. The van der Waals surface area contributed by atoms with Crippen molar-refractivity contribution in [2.24, 2.45) is 0 Å². The maximum atomic E-state index is 12.1. The summed E-state index contributed by atoms with van der Waals surface area (Å²) in [5.41, 5.74) is 2.05. The summed E-state index contributed by atoms with van der Waals surface area (Å²) in [5, 5.41) is 13.2. The van der Waals surface area contributed by atoms with Crippen molar-refractivity contribution in [2.75, 3.05) is 13.1 Å². The molecule has 126 valence electrons. The van der Waals surface area contributed by atoms with Gasteiger partial charge in [0.1, 0.15) is 11.4 Å². The number of fused-ring (bicyclic) bond motifs is 1. The zero-order valence-electron chi connectivity index (χ0n) is 14.1. The largest absolute Gasteiger partial charge is 0.508 e. The minimum Gasteiger partial charge on any atom is -0.508 e. The van der Waals surface area contributed by atoms with Gasteiger partial charge in [-0.2, -0.15) is 0 Å². The number of carbonyl (C=O) groups is 1. The number of phenols is 1. The fourth-order valence-electron chi connectivity index (χ4n) is 3.45. The minimum absolute atomic E-state index is 0.224. The molecule has 2 unspecified atom stereocenters. The molecule has 0 spiro atoms. The zero-order chi connectivity index (χ0) is 16.6. The molecule has 1 aromatic carbocycles. The number of hydrogen-bond acceptors (Lipinski definition) is 4. The third-order valence-electron chi connectivity index (χ3n) is 4.48. The van der Waals surface area contributed by atoms with Crippen LogP contribution in [-0.2, 0) is 11.2 Å². The third-order valence-corrected chi connectivity index (χ3v) is 4.48. The molecule has 2 atom stereocenters. The molecule has 0 aromatic heterocycles. The van der Waals surface area contributed by atoms with Crippen LogP contribution in [0.5, 0.6) is 5.75 Å². The molecular weight excluding hydrogens is 292 g/mol. The Morgan fingerprint density at radius 1 is 1.35 bits per heavy atom. The van der Waals surface area contributed by atoms with Gasteiger partial charge in [0.05, 0.1) is 0 Å². The number of rotatable bonds is 2. The first kappa shape index (κ1) is 16.1. The quantitative estimate of drug-likeness (QED) is 0.880. The number of amides is 1. The van der Waals surface area contributed by atoms with Gasteiger partial charge in [0.15, 0.2) is 0 Å². The molecule has 1 amide bonds. The Morgan fingerprint density at radius 2 is 2.13 bits per heavy atom. The van der Waals surface area contributed by atoms with Crippen LogP contribution < -0.4 is 5.32 Å². The van der Waals surface area contributed by atoms with E-state index in [1.807, 2.05) is 32.9 Å². The highest BCUT2D eigenvalue weighted by molar-refractivity contribution is 5.68. The number of carbonyl (C=O) groups excluding carboxylic acids is 1. The summed E-state index contributed by atoms with van der Waals surface area (Å²) in [6.45, 7) is 7.10. The summed E-state index contributed by atoms with van der Waals surface area (Å²) in [5.74, 6) is 0.335. The number of benzene rings is 1. The van der Waals surface area contributed by atoms with Gasteiger partial charge in [0, 0.05) is 25.2 Å². The number of phenolic OH excluding ortho intramolecular Hbond substituents is 1. The lowest BCUT2D eigenvalue weighted by Gasteiger charge is -2.25. The van der Waals surface area contributed by atoms with E-state index in [0.717, 1.165) is 25.8 Å². The normalized spacial score (nSPS) is 23.9. The van der Waals surface area contributed by atoms with Gasteiger partial charge in [-0.3, -0.25) is 0 Å². The standard InChI is InChI=1S/C18H26N2O3/c1-18(2,3)23-17(22)20-9-8-13(11-20)19-16-7-4-12-10-14(21)5-6-15(12)16/h5-6,10,13,16,19,21H,4,7-9,11H2,1-3H3. The van der Waals surface area contributed by atoms with Crippen LogP contribution in [0.15, 0.2) is 18.2 Å². The molecule has 1 saturated heterocycles. The molecule has 23 heavy (non-hydrogen) atoms. The molecule has 2 aliphatic rings. The van der Waals surface area contributed by atoms with Gasteiger partial charge in [0.2, 0.25) is 0 Å². The summed E-state index contributed by atoms with van der Waals surface area (Å²) in [6, 6.07) is 6.23. The van der Waals surface area contributed by atoms with E-state index in [9.17, 15) is 9.90 Å². The highest BCUT2D eigenvalue weighted by atomic mass is 16.6. The summed E-state index contributed by atoms with van der Waals surface area (Å²) < 4.78 is 5.44. The van der Waals surface area contributed by atoms with Crippen molar-refractivity contribution in [3.63, 3.8) is 0 Å². The number of likely N-dealkylation sites (tertiary alicyclic amines) is 1. The first-order valence-corrected chi connectivity index (χ1v) is 8.37. The first-order chi connectivity index (χ1) is 10.8. The average molecular weight is 318 g/mol. The molecule has 0 bridgehead atoms. The first-order valence-electron chi connectivity index (χ1n) is 8.37. The lowest BCUT2D eigenvalue weighted by molar-refractivity contribution is 0.0290. The summed E-state index contributed by atoms with van der Waals surface area (Å²) in [4.78, 5) is 13.9. The van der Waals surface area contributed by atoms with E-state index in [2.05, 4.69) is 5.32 Å². The van der Waals surface area contributed by atoms with Crippen molar-refractivity contribution in [3.05, 3.63) is 29.3 Å². The van der Waals surface area contributed by atoms with Gasteiger partial charge in [-0.25, -0.2) is 4.79 Å². The van der Waals surface area contributed by atoms with Crippen LogP contribution in [0.2, 0.25) is 0 Å². The number of aromatic hydroxyl groups is 1. The third kappa shape index (κ3) is 3.78. The van der Waals surface area contributed by atoms with E-state index in [0.29, 0.717) is 24.4 Å². The highest BCUT2D eigenvalue weighted by Crippen LogP contribution is 2.34. The van der Waals surface area contributed by atoms with Crippen molar-refractivity contribution in [1.29, 1.82) is 0 Å². The fourth-order valence-corrected chi connectivity index (χ4v) is 3.45. The Morgan fingerprint density at radius 3 is 2.87 bits per heavy atom. The molecule has 2 N–H and O–H groups in total. The summed E-state index contributed by atoms with van der Waals surface area (Å²) >= 11 is 0. The molecule has 0 radical (unpaired) electrons. The Kier molecular flexibility index (Phi) is 4.23. The molecule has 1 aliphatic heterocycles. The van der Waals surface area contributed by atoms with E-state index in [1.54, 1.807) is 11.0 Å². The fraction of sp³-hybridized carbons (Fsp3) is 0.611. The predicted octanol–water partition coefficient (Wildman–Crippen LogP) is 2.98. The Hall–Kier alpha value is -1.75. The van der Waals surface area contributed by atoms with Gasteiger partial charge in [0.25, 0.3) is 0 Å². The van der Waals surface area contributed by atoms with E-state index in [-0.39, 0.29) is 6.09 Å². The maximum Gasteiger partial charge on any atom is 0.410 e. The van der Waals surface area contributed by atoms with Crippen LogP contribution in [-0.4, -0.2) is 40.8 Å². The maximum absolute atomic E-state index is 12.1. The van der Waals surface area contributed by atoms with Crippen LogP contribution in [0.3, 0.4) is 0 Å². The lowest BCUT2D eigenvalue weighted by atomic mass is 10.1. The highest BCUT2D eigenvalue weighted by Gasteiger charge is 2.32. The monoisotopic (exact) mass is 318 g/mol. The molecular formula is C18H26N2O3. The second kappa shape index (κ2) is 6.04. The summed E-state index contributed by atoms with van der Waals surface area (Å²) in [7, 11) is 0. The zero-order valence-corrected chi connectivity index (χ0v) is 14.1. The number of nitrogens with zero attached hydrogens (tertiary/aromatic N) is 1. The van der Waals surface area contributed by atoms with Crippen LogP contribution >= 0.6 is 0 Å². The van der Waals surface area contributed by atoms with Gasteiger partial charge < -0.3 is 20.1 Å². The Bertz CT molecular complexity index is 594. The average Bonchev–Trinajstić information content (AvgIpc) is 3.05. The molecule has 1 aromatic rings. The molecule has 3 rings (SSSR count). The lowest BCUT2D eigenvalue weighted by Crippen LogP contribution is -2.39. The Labute approximate surface area is 137 Å². The summed E-state index contributed by atoms with van der Waals surface area (Å²) in [6.07, 6.45) is 2.76. The molecule has 1 fully saturated rings. The van der Waals surface area contributed by atoms with Gasteiger partial charge in [-0.15, -0.1) is 0 Å². The number of ether oxygens (including phenoxy) is 1. The van der Waals surface area contributed by atoms with Crippen molar-refractivity contribution in [2.45, 2.75) is 57.7 Å². The molecule has 5 nitrogen and oxygen atoms in total. The van der Waals surface area contributed by atoms with Gasteiger partial charge in [-0.1, -0.05) is 6.07 Å². The van der Waals surface area contributed by atoms with Crippen molar-refractivity contribution in [1.82, 2.24) is 10.2 Å². The number of aryl methyl sites for hydroxylation is 1. The topological polar surface area (TPSA) is 61.8 Å². The second-order valence-electron chi connectivity index (χ2n) is 7.55. The van der Waals surface area contributed by atoms with Crippen molar-refractivity contribution < 1.29 is 14.6 Å². The molecule has 0 saturated carbocycles. The van der Waals surface area contributed by atoms with Crippen molar-refractivity contribution >= 4 is 6.09 Å². The van der Waals surface area contributed by atoms with E-state index in [1.165, 1.54) is 11.1 Å².